The van der Waals surface area contributed by atoms with Gasteiger partial charge in [-0.15, -0.1) is 16.5 Å². The maximum atomic E-state index is 13.3. The van der Waals surface area contributed by atoms with Gasteiger partial charge in [0.2, 0.25) is 0 Å². The number of thiophene rings is 1. The molecule has 0 saturated heterocycles. The molecule has 3 aliphatic rings. The predicted molar refractivity (Wildman–Crippen MR) is 141 cm³/mol. The highest BCUT2D eigenvalue weighted by Crippen LogP contribution is 2.41. The lowest BCUT2D eigenvalue weighted by Gasteiger charge is -2.21. The van der Waals surface area contributed by atoms with Gasteiger partial charge in [0, 0.05) is 28.1 Å². The summed E-state index contributed by atoms with van der Waals surface area (Å²) in [5, 5.41) is 15.1. The van der Waals surface area contributed by atoms with E-state index < -0.39 is 5.56 Å². The summed E-state index contributed by atoms with van der Waals surface area (Å²) in [6, 6.07) is 9.62. The summed E-state index contributed by atoms with van der Waals surface area (Å²) < 4.78 is 0. The predicted octanol–water partition coefficient (Wildman–Crippen LogP) is 6.05. The average Bonchev–Trinajstić information content (AvgIpc) is 3.28. The number of hydrogen-bond donors (Lipinski definition) is 1. The summed E-state index contributed by atoms with van der Waals surface area (Å²) in [6.07, 6.45) is 4.09. The van der Waals surface area contributed by atoms with Crippen molar-refractivity contribution in [2.75, 3.05) is 4.90 Å². The SMILES string of the molecule is Cc1c(-c2cc(N=C3C=C(C4CC4)N=N3)c(=O)[nH]n2)cccc1N1Cc2cc(C(C)(C)C)sc2C1=O. The van der Waals surface area contributed by atoms with Crippen molar-refractivity contribution in [3.63, 3.8) is 0 Å². The minimum Gasteiger partial charge on any atom is -0.303 e. The topological polar surface area (TPSA) is 103 Å². The van der Waals surface area contributed by atoms with Crippen LogP contribution in [-0.4, -0.2) is 21.9 Å². The molecule has 0 atom stereocenters. The molecule has 9 heteroatoms. The number of aromatic nitrogens is 2. The fraction of sp³-hybridized carbons (Fsp3) is 0.333. The summed E-state index contributed by atoms with van der Waals surface area (Å²) in [6.45, 7) is 9.01. The Labute approximate surface area is 212 Å². The summed E-state index contributed by atoms with van der Waals surface area (Å²) in [5.74, 6) is 0.918. The number of benzene rings is 1. The normalized spacial score (nSPS) is 18.3. The minimum atomic E-state index is -0.391. The second kappa shape index (κ2) is 8.16. The zero-order valence-corrected chi connectivity index (χ0v) is 21.4. The van der Waals surface area contributed by atoms with E-state index in [9.17, 15) is 9.59 Å². The van der Waals surface area contributed by atoms with Crippen molar-refractivity contribution in [2.45, 2.75) is 52.5 Å². The summed E-state index contributed by atoms with van der Waals surface area (Å²) in [7, 11) is 0. The Hall–Kier alpha value is -3.72. The molecule has 6 rings (SSSR count). The van der Waals surface area contributed by atoms with Gasteiger partial charge >= 0.3 is 0 Å². The lowest BCUT2D eigenvalue weighted by Crippen LogP contribution is -2.24. The molecule has 2 aliphatic heterocycles. The zero-order valence-electron chi connectivity index (χ0n) is 20.6. The highest BCUT2D eigenvalue weighted by Gasteiger charge is 2.34. The van der Waals surface area contributed by atoms with Gasteiger partial charge < -0.3 is 4.90 Å². The number of amides is 1. The maximum Gasteiger partial charge on any atom is 0.290 e. The Morgan fingerprint density at radius 3 is 2.67 bits per heavy atom. The van der Waals surface area contributed by atoms with Crippen LogP contribution in [-0.2, 0) is 12.0 Å². The highest BCUT2D eigenvalue weighted by molar-refractivity contribution is 7.14. The molecule has 1 N–H and O–H groups in total. The minimum absolute atomic E-state index is 0.0159. The standard InChI is InChI=1S/C27H26N6O2S/c1-14-17(19-11-20(25(34)32-30-19)28-23-12-18(29-31-23)15-8-9-15)6-5-7-21(14)33-13-16-10-22(27(2,3)4)36-24(16)26(33)35/h5-7,10-12,15H,8-9,13H2,1-4H3,(H,32,34). The molecule has 2 aromatic heterocycles. The van der Waals surface area contributed by atoms with Gasteiger partial charge in [0.1, 0.15) is 5.69 Å². The van der Waals surface area contributed by atoms with E-state index in [1.807, 2.05) is 36.1 Å². The second-order valence-electron chi connectivity index (χ2n) is 10.5. The molecule has 0 spiro atoms. The Morgan fingerprint density at radius 1 is 1.14 bits per heavy atom. The van der Waals surface area contributed by atoms with Crippen LogP contribution >= 0.6 is 11.3 Å². The van der Waals surface area contributed by atoms with Crippen LogP contribution in [0.1, 0.15) is 59.3 Å². The number of amidine groups is 1. The third-order valence-electron chi connectivity index (χ3n) is 6.75. The van der Waals surface area contributed by atoms with E-state index in [-0.39, 0.29) is 17.0 Å². The second-order valence-corrected chi connectivity index (χ2v) is 11.6. The van der Waals surface area contributed by atoms with E-state index in [4.69, 9.17) is 0 Å². The molecule has 1 aliphatic carbocycles. The van der Waals surface area contributed by atoms with Gasteiger partial charge in [-0.2, -0.15) is 10.2 Å². The Bertz CT molecular complexity index is 1570. The highest BCUT2D eigenvalue weighted by atomic mass is 32.1. The molecular weight excluding hydrogens is 472 g/mol. The molecule has 0 unspecified atom stereocenters. The van der Waals surface area contributed by atoms with E-state index in [2.05, 4.69) is 52.3 Å². The average molecular weight is 499 g/mol. The van der Waals surface area contributed by atoms with Gasteiger partial charge in [-0.25, -0.2) is 10.1 Å². The molecule has 1 saturated carbocycles. The lowest BCUT2D eigenvalue weighted by atomic mass is 9.94. The smallest absolute Gasteiger partial charge is 0.290 e. The molecule has 1 aromatic carbocycles. The number of allylic oxidation sites excluding steroid dienone is 1. The molecule has 4 heterocycles. The molecular formula is C27H26N6O2S. The number of anilines is 1. The quantitative estimate of drug-likeness (QED) is 0.473. The molecule has 1 amide bonds. The van der Waals surface area contributed by atoms with Gasteiger partial charge in [-0.3, -0.25) is 9.59 Å². The van der Waals surface area contributed by atoms with Gasteiger partial charge in [-0.05, 0) is 54.5 Å². The molecule has 36 heavy (non-hydrogen) atoms. The fourth-order valence-electron chi connectivity index (χ4n) is 4.52. The number of hydrogen-bond acceptors (Lipinski definition) is 6. The number of aliphatic imine (C=N–C) groups is 1. The van der Waals surface area contributed by atoms with Crippen LogP contribution in [0, 0.1) is 12.8 Å². The van der Waals surface area contributed by atoms with Crippen LogP contribution in [0.4, 0.5) is 11.4 Å². The van der Waals surface area contributed by atoms with E-state index in [1.54, 1.807) is 17.4 Å². The van der Waals surface area contributed by atoms with Gasteiger partial charge in [0.05, 0.1) is 22.8 Å². The van der Waals surface area contributed by atoms with E-state index in [1.165, 1.54) is 4.88 Å². The van der Waals surface area contributed by atoms with Gasteiger partial charge in [-0.1, -0.05) is 32.9 Å². The van der Waals surface area contributed by atoms with Gasteiger partial charge in [0.15, 0.2) is 5.84 Å². The number of nitrogens with one attached hydrogen (secondary N) is 1. The number of nitrogens with zero attached hydrogens (tertiary/aromatic N) is 5. The first-order chi connectivity index (χ1) is 17.2. The van der Waals surface area contributed by atoms with Crippen molar-refractivity contribution in [3.05, 3.63) is 73.3 Å². The van der Waals surface area contributed by atoms with Crippen LogP contribution < -0.4 is 10.5 Å². The van der Waals surface area contributed by atoms with Crippen molar-refractivity contribution >= 4 is 34.5 Å². The number of azo groups is 1. The Balaban J connectivity index is 1.32. The van der Waals surface area contributed by atoms with Crippen LogP contribution in [0.3, 0.4) is 0 Å². The zero-order chi connectivity index (χ0) is 25.2. The lowest BCUT2D eigenvalue weighted by molar-refractivity contribution is 0.1000. The van der Waals surface area contributed by atoms with E-state index in [0.29, 0.717) is 24.0 Å². The van der Waals surface area contributed by atoms with Crippen LogP contribution in [0.25, 0.3) is 11.3 Å². The third kappa shape index (κ3) is 3.93. The first kappa shape index (κ1) is 22.7. The van der Waals surface area contributed by atoms with E-state index >= 15 is 0 Å². The number of carbonyl (C=O) groups excluding carboxylic acids is 1. The molecule has 182 valence electrons. The molecule has 0 bridgehead atoms. The monoisotopic (exact) mass is 498 g/mol. The largest absolute Gasteiger partial charge is 0.303 e. The number of carbonyl (C=O) groups is 1. The summed E-state index contributed by atoms with van der Waals surface area (Å²) in [4.78, 5) is 34.1. The number of aromatic amines is 1. The molecule has 0 radical (unpaired) electrons. The Kier molecular flexibility index (Phi) is 5.15. The van der Waals surface area contributed by atoms with E-state index in [0.717, 1.165) is 45.8 Å². The van der Waals surface area contributed by atoms with Crippen LogP contribution in [0.5, 0.6) is 0 Å². The van der Waals surface area contributed by atoms with Gasteiger partial charge in [0.25, 0.3) is 11.5 Å². The third-order valence-corrected chi connectivity index (χ3v) is 8.34. The van der Waals surface area contributed by atoms with Crippen molar-refractivity contribution in [2.24, 2.45) is 21.1 Å². The van der Waals surface area contributed by atoms with Crippen molar-refractivity contribution < 1.29 is 4.79 Å². The van der Waals surface area contributed by atoms with Crippen LogP contribution in [0.2, 0.25) is 0 Å². The number of rotatable bonds is 4. The number of fused-ring (bicyclic) bond motifs is 1. The number of H-pyrrole nitrogens is 1. The fourth-order valence-corrected chi connectivity index (χ4v) is 5.70. The molecule has 1 fully saturated rings. The molecule has 3 aromatic rings. The molecule has 8 nitrogen and oxygen atoms in total. The summed E-state index contributed by atoms with van der Waals surface area (Å²) in [5.41, 5.74) is 5.00. The van der Waals surface area contributed by atoms with Crippen LogP contribution in [0.15, 0.2) is 62.1 Å². The summed E-state index contributed by atoms with van der Waals surface area (Å²) >= 11 is 1.59. The Morgan fingerprint density at radius 2 is 1.94 bits per heavy atom. The van der Waals surface area contributed by atoms with Crippen molar-refractivity contribution in [1.82, 2.24) is 10.2 Å². The van der Waals surface area contributed by atoms with Crippen molar-refractivity contribution in [3.8, 4) is 11.3 Å². The first-order valence-electron chi connectivity index (χ1n) is 12.1. The maximum absolute atomic E-state index is 13.3. The van der Waals surface area contributed by atoms with Crippen molar-refractivity contribution in [1.29, 1.82) is 0 Å². The first-order valence-corrected chi connectivity index (χ1v) is 12.9.